The standard InChI is InChI=1S/C22H22N2O/c1-14-5-6-16-15(2)21-18-7-8-20(25-3)17-9-12-23(22(17)18)10-4-11-24(21)19(16)13-14/h5-9,12-13H,4,10-11H2,1-3H3. The number of rotatable bonds is 1. The molecule has 0 radical (unpaired) electrons. The van der Waals surface area contributed by atoms with Crippen LogP contribution < -0.4 is 4.74 Å². The molecular weight excluding hydrogens is 308 g/mol. The summed E-state index contributed by atoms with van der Waals surface area (Å²) in [6, 6.07) is 13.3. The van der Waals surface area contributed by atoms with Gasteiger partial charge in [-0.25, -0.2) is 0 Å². The highest BCUT2D eigenvalue weighted by Crippen LogP contribution is 2.41. The van der Waals surface area contributed by atoms with Crippen LogP contribution in [-0.4, -0.2) is 16.2 Å². The second kappa shape index (κ2) is 5.16. The van der Waals surface area contributed by atoms with Crippen molar-refractivity contribution in [1.29, 1.82) is 0 Å². The van der Waals surface area contributed by atoms with Crippen molar-refractivity contribution < 1.29 is 4.74 Å². The summed E-state index contributed by atoms with van der Waals surface area (Å²) >= 11 is 0. The van der Waals surface area contributed by atoms with E-state index in [1.165, 1.54) is 44.2 Å². The fourth-order valence-electron chi connectivity index (χ4n) is 4.47. The summed E-state index contributed by atoms with van der Waals surface area (Å²) in [6.45, 7) is 6.52. The van der Waals surface area contributed by atoms with Crippen LogP contribution in [0.2, 0.25) is 0 Å². The molecule has 0 atom stereocenters. The van der Waals surface area contributed by atoms with Crippen LogP contribution in [0, 0.1) is 13.8 Å². The third-order valence-corrected chi connectivity index (χ3v) is 5.61. The first-order valence-electron chi connectivity index (χ1n) is 8.94. The van der Waals surface area contributed by atoms with E-state index < -0.39 is 0 Å². The van der Waals surface area contributed by atoms with Gasteiger partial charge < -0.3 is 13.9 Å². The highest BCUT2D eigenvalue weighted by molar-refractivity contribution is 6.02. The number of ether oxygens (including phenoxy) is 1. The molecule has 126 valence electrons. The van der Waals surface area contributed by atoms with Gasteiger partial charge in [-0.1, -0.05) is 12.1 Å². The molecule has 25 heavy (non-hydrogen) atoms. The number of benzene rings is 2. The van der Waals surface area contributed by atoms with Crippen molar-refractivity contribution in [3.8, 4) is 17.0 Å². The quantitative estimate of drug-likeness (QED) is 0.464. The molecule has 5 rings (SSSR count). The lowest BCUT2D eigenvalue weighted by Gasteiger charge is -2.19. The summed E-state index contributed by atoms with van der Waals surface area (Å²) in [5, 5.41) is 2.57. The van der Waals surface area contributed by atoms with Gasteiger partial charge >= 0.3 is 0 Å². The lowest BCUT2D eigenvalue weighted by atomic mass is 10.0. The number of hydrogen-bond donors (Lipinski definition) is 0. The minimum absolute atomic E-state index is 0.953. The Morgan fingerprint density at radius 1 is 0.960 bits per heavy atom. The summed E-state index contributed by atoms with van der Waals surface area (Å²) in [4.78, 5) is 0. The van der Waals surface area contributed by atoms with Crippen molar-refractivity contribution in [2.75, 3.05) is 7.11 Å². The average Bonchev–Trinajstić information content (AvgIpc) is 3.13. The van der Waals surface area contributed by atoms with Crippen molar-refractivity contribution in [2.45, 2.75) is 33.4 Å². The molecule has 0 unspecified atom stereocenters. The van der Waals surface area contributed by atoms with E-state index in [1.807, 2.05) is 0 Å². The smallest absolute Gasteiger partial charge is 0.128 e. The maximum absolute atomic E-state index is 5.61. The van der Waals surface area contributed by atoms with E-state index in [4.69, 9.17) is 4.74 Å². The average molecular weight is 330 g/mol. The molecule has 0 aliphatic carbocycles. The number of nitrogens with zero attached hydrogens (tertiary/aromatic N) is 2. The van der Waals surface area contributed by atoms with Gasteiger partial charge in [0.25, 0.3) is 0 Å². The predicted molar refractivity (Wildman–Crippen MR) is 104 cm³/mol. The largest absolute Gasteiger partial charge is 0.496 e. The molecule has 0 amide bonds. The van der Waals surface area contributed by atoms with Gasteiger partial charge in [0.2, 0.25) is 0 Å². The van der Waals surface area contributed by atoms with Gasteiger partial charge in [0.05, 0.1) is 18.3 Å². The summed E-state index contributed by atoms with van der Waals surface area (Å²) in [6.07, 6.45) is 3.33. The number of methoxy groups -OCH3 is 1. The van der Waals surface area contributed by atoms with Gasteiger partial charge in [-0.2, -0.15) is 0 Å². The second-order valence-electron chi connectivity index (χ2n) is 7.09. The molecule has 0 fully saturated rings. The molecule has 3 nitrogen and oxygen atoms in total. The van der Waals surface area contributed by atoms with Gasteiger partial charge in [0.15, 0.2) is 0 Å². The predicted octanol–water partition coefficient (Wildman–Crippen LogP) is 5.29. The van der Waals surface area contributed by atoms with E-state index in [-0.39, 0.29) is 0 Å². The van der Waals surface area contributed by atoms with E-state index in [1.54, 1.807) is 7.11 Å². The minimum atomic E-state index is 0.953. The zero-order chi connectivity index (χ0) is 17.1. The Hall–Kier alpha value is -2.68. The Bertz CT molecular complexity index is 1130. The Labute approximate surface area is 147 Å². The Balaban J connectivity index is 1.95. The first-order valence-corrected chi connectivity index (χ1v) is 8.94. The topological polar surface area (TPSA) is 19.1 Å². The van der Waals surface area contributed by atoms with Crippen molar-refractivity contribution in [2.24, 2.45) is 0 Å². The number of aromatic nitrogens is 2. The zero-order valence-electron chi connectivity index (χ0n) is 15.0. The molecule has 1 aliphatic rings. The molecule has 0 bridgehead atoms. The Morgan fingerprint density at radius 3 is 2.68 bits per heavy atom. The number of hydrogen-bond acceptors (Lipinski definition) is 1. The lowest BCUT2D eigenvalue weighted by molar-refractivity contribution is 0.420. The summed E-state index contributed by atoms with van der Waals surface area (Å²) < 4.78 is 10.5. The van der Waals surface area contributed by atoms with Crippen LogP contribution >= 0.6 is 0 Å². The van der Waals surface area contributed by atoms with Crippen LogP contribution in [0.5, 0.6) is 5.75 Å². The van der Waals surface area contributed by atoms with Gasteiger partial charge in [-0.3, -0.25) is 0 Å². The summed E-state index contributed by atoms with van der Waals surface area (Å²) in [7, 11) is 1.75. The molecule has 0 saturated carbocycles. The Morgan fingerprint density at radius 2 is 1.84 bits per heavy atom. The maximum Gasteiger partial charge on any atom is 0.128 e. The lowest BCUT2D eigenvalue weighted by Crippen LogP contribution is -2.09. The Kier molecular flexibility index (Phi) is 3.02. The molecule has 0 spiro atoms. The maximum atomic E-state index is 5.61. The van der Waals surface area contributed by atoms with Crippen LogP contribution in [0.4, 0.5) is 0 Å². The molecule has 2 aromatic carbocycles. The van der Waals surface area contributed by atoms with E-state index in [0.717, 1.165) is 25.3 Å². The molecule has 1 aliphatic heterocycles. The summed E-state index contributed by atoms with van der Waals surface area (Å²) in [5.41, 5.74) is 8.01. The van der Waals surface area contributed by atoms with Crippen molar-refractivity contribution in [1.82, 2.24) is 9.13 Å². The molecule has 3 heterocycles. The minimum Gasteiger partial charge on any atom is -0.496 e. The monoisotopic (exact) mass is 330 g/mol. The van der Waals surface area contributed by atoms with Crippen molar-refractivity contribution in [3.63, 3.8) is 0 Å². The zero-order valence-corrected chi connectivity index (χ0v) is 15.0. The van der Waals surface area contributed by atoms with Gasteiger partial charge in [0.1, 0.15) is 5.75 Å². The molecule has 0 saturated heterocycles. The SMILES string of the molecule is COc1ccc2c3c1ccn3CCCn1c-2c(C)c2ccc(C)cc21. The van der Waals surface area contributed by atoms with E-state index in [9.17, 15) is 0 Å². The van der Waals surface area contributed by atoms with Crippen molar-refractivity contribution >= 4 is 21.8 Å². The molecule has 3 heteroatoms. The van der Waals surface area contributed by atoms with Crippen LogP contribution in [0.3, 0.4) is 0 Å². The third kappa shape index (κ3) is 1.92. The van der Waals surface area contributed by atoms with Crippen LogP contribution in [0.1, 0.15) is 17.5 Å². The second-order valence-corrected chi connectivity index (χ2v) is 7.09. The fourth-order valence-corrected chi connectivity index (χ4v) is 4.47. The van der Waals surface area contributed by atoms with E-state index in [0.29, 0.717) is 0 Å². The molecule has 0 N–H and O–H groups in total. The molecule has 4 aromatic rings. The van der Waals surface area contributed by atoms with Gasteiger partial charge in [0, 0.05) is 41.1 Å². The number of aryl methyl sites for hydroxylation is 4. The van der Waals surface area contributed by atoms with E-state index in [2.05, 4.69) is 65.6 Å². The highest BCUT2D eigenvalue weighted by Gasteiger charge is 2.22. The first kappa shape index (κ1) is 14.6. The number of fused-ring (bicyclic) bond motifs is 4. The summed E-state index contributed by atoms with van der Waals surface area (Å²) in [5.74, 6) is 0.953. The molecule has 2 aromatic heterocycles. The highest BCUT2D eigenvalue weighted by atomic mass is 16.5. The van der Waals surface area contributed by atoms with E-state index >= 15 is 0 Å². The van der Waals surface area contributed by atoms with Crippen LogP contribution in [0.25, 0.3) is 33.1 Å². The third-order valence-electron chi connectivity index (χ3n) is 5.61. The molecular formula is C22H22N2O. The normalized spacial score (nSPS) is 13.7. The fraction of sp³-hybridized carbons (Fsp3) is 0.273. The van der Waals surface area contributed by atoms with Gasteiger partial charge in [-0.15, -0.1) is 0 Å². The van der Waals surface area contributed by atoms with Crippen LogP contribution in [-0.2, 0) is 13.1 Å². The van der Waals surface area contributed by atoms with Gasteiger partial charge in [-0.05, 0) is 55.7 Å². The first-order chi connectivity index (χ1) is 12.2. The van der Waals surface area contributed by atoms with Crippen LogP contribution in [0.15, 0.2) is 42.6 Å². The van der Waals surface area contributed by atoms with Crippen molar-refractivity contribution in [3.05, 3.63) is 53.7 Å².